The molecule has 2 rings (SSSR count). The third kappa shape index (κ3) is 4.67. The van der Waals surface area contributed by atoms with Crippen LogP contribution in [0.25, 0.3) is 0 Å². The largest absolute Gasteiger partial charge is 0.376 e. The highest BCUT2D eigenvalue weighted by Crippen LogP contribution is 2.20. The molecule has 6 heteroatoms. The summed E-state index contributed by atoms with van der Waals surface area (Å²) in [5, 5.41) is 5.69. The summed E-state index contributed by atoms with van der Waals surface area (Å²) in [7, 11) is 0. The number of halogens is 1. The number of nitrogens with one attached hydrogen (secondary N) is 2. The second kappa shape index (κ2) is 7.93. The van der Waals surface area contributed by atoms with Crippen LogP contribution in [0.2, 0.25) is 0 Å². The summed E-state index contributed by atoms with van der Waals surface area (Å²) in [6.45, 7) is 3.40. The molecule has 0 radical (unpaired) electrons. The Hall–Kier alpha value is -1.69. The van der Waals surface area contributed by atoms with Crippen molar-refractivity contribution in [2.75, 3.05) is 25.0 Å². The summed E-state index contributed by atoms with van der Waals surface area (Å²) < 4.78 is 18.9. The zero-order chi connectivity index (χ0) is 15.1. The molecule has 1 aromatic rings. The topological polar surface area (TPSA) is 63.2 Å². The molecule has 1 aliphatic rings. The molecular weight excluding hydrogens is 273 g/mol. The molecule has 1 amide bonds. The van der Waals surface area contributed by atoms with Crippen LogP contribution >= 0.6 is 0 Å². The second-order valence-corrected chi connectivity index (χ2v) is 5.11. The van der Waals surface area contributed by atoms with Crippen molar-refractivity contribution in [3.63, 3.8) is 0 Å². The van der Waals surface area contributed by atoms with Gasteiger partial charge < -0.3 is 15.4 Å². The molecule has 0 aromatic carbocycles. The maximum Gasteiger partial charge on any atom is 0.255 e. The first kappa shape index (κ1) is 15.7. The van der Waals surface area contributed by atoms with E-state index in [2.05, 4.69) is 15.6 Å². The average Bonchev–Trinajstić information content (AvgIpc) is 2.99. The van der Waals surface area contributed by atoms with Gasteiger partial charge in [0.2, 0.25) is 0 Å². The SMILES string of the molecule is CCNc1ncc(F)cc1C(=O)NCCOC1CCCC1. The van der Waals surface area contributed by atoms with Gasteiger partial charge in [0.15, 0.2) is 0 Å². The summed E-state index contributed by atoms with van der Waals surface area (Å²) in [5.41, 5.74) is 0.220. The Kier molecular flexibility index (Phi) is 5.92. The first-order chi connectivity index (χ1) is 10.2. The monoisotopic (exact) mass is 295 g/mol. The van der Waals surface area contributed by atoms with E-state index in [1.165, 1.54) is 18.9 Å². The summed E-state index contributed by atoms with van der Waals surface area (Å²) in [5.74, 6) is -0.468. The van der Waals surface area contributed by atoms with E-state index < -0.39 is 5.82 Å². The molecule has 0 saturated heterocycles. The fourth-order valence-electron chi connectivity index (χ4n) is 2.46. The molecule has 1 aromatic heterocycles. The minimum atomic E-state index is -0.524. The minimum Gasteiger partial charge on any atom is -0.376 e. The number of hydrogen-bond acceptors (Lipinski definition) is 4. The molecule has 21 heavy (non-hydrogen) atoms. The second-order valence-electron chi connectivity index (χ2n) is 5.11. The fraction of sp³-hybridized carbons (Fsp3) is 0.600. The van der Waals surface area contributed by atoms with Crippen LogP contribution in [0.4, 0.5) is 10.2 Å². The van der Waals surface area contributed by atoms with Gasteiger partial charge in [-0.25, -0.2) is 9.37 Å². The van der Waals surface area contributed by atoms with Crippen molar-refractivity contribution in [2.24, 2.45) is 0 Å². The lowest BCUT2D eigenvalue weighted by molar-refractivity contribution is 0.0582. The lowest BCUT2D eigenvalue weighted by Crippen LogP contribution is -2.29. The Morgan fingerprint density at radius 1 is 1.48 bits per heavy atom. The van der Waals surface area contributed by atoms with Crippen LogP contribution in [0.15, 0.2) is 12.3 Å². The average molecular weight is 295 g/mol. The highest BCUT2D eigenvalue weighted by Gasteiger charge is 2.16. The predicted molar refractivity (Wildman–Crippen MR) is 78.9 cm³/mol. The van der Waals surface area contributed by atoms with E-state index in [4.69, 9.17) is 4.74 Å². The zero-order valence-electron chi connectivity index (χ0n) is 12.3. The number of hydrogen-bond donors (Lipinski definition) is 2. The van der Waals surface area contributed by atoms with Crippen molar-refractivity contribution < 1.29 is 13.9 Å². The van der Waals surface area contributed by atoms with Gasteiger partial charge in [0.05, 0.1) is 24.5 Å². The molecule has 0 unspecified atom stereocenters. The van der Waals surface area contributed by atoms with E-state index >= 15 is 0 Å². The third-order valence-corrected chi connectivity index (χ3v) is 3.49. The number of aromatic nitrogens is 1. The Morgan fingerprint density at radius 2 is 2.24 bits per heavy atom. The lowest BCUT2D eigenvalue weighted by Gasteiger charge is -2.13. The number of carbonyl (C=O) groups excluding carboxylic acids is 1. The lowest BCUT2D eigenvalue weighted by atomic mass is 10.2. The molecule has 0 bridgehead atoms. The first-order valence-corrected chi connectivity index (χ1v) is 7.50. The van der Waals surface area contributed by atoms with Crippen molar-refractivity contribution in [1.82, 2.24) is 10.3 Å². The van der Waals surface area contributed by atoms with Crippen molar-refractivity contribution in [3.8, 4) is 0 Å². The van der Waals surface area contributed by atoms with Crippen LogP contribution in [0.3, 0.4) is 0 Å². The Balaban J connectivity index is 1.82. The summed E-state index contributed by atoms with van der Waals surface area (Å²) >= 11 is 0. The zero-order valence-corrected chi connectivity index (χ0v) is 12.3. The van der Waals surface area contributed by atoms with Crippen molar-refractivity contribution in [2.45, 2.75) is 38.7 Å². The molecule has 0 aliphatic heterocycles. The molecule has 116 valence electrons. The van der Waals surface area contributed by atoms with Crippen LogP contribution in [0, 0.1) is 5.82 Å². The van der Waals surface area contributed by atoms with Gasteiger partial charge >= 0.3 is 0 Å². The Morgan fingerprint density at radius 3 is 2.95 bits per heavy atom. The maximum atomic E-state index is 13.2. The number of rotatable bonds is 7. The third-order valence-electron chi connectivity index (χ3n) is 3.49. The van der Waals surface area contributed by atoms with Crippen LogP contribution in [-0.2, 0) is 4.74 Å². The van der Waals surface area contributed by atoms with E-state index in [0.717, 1.165) is 19.0 Å². The summed E-state index contributed by atoms with van der Waals surface area (Å²) in [6, 6.07) is 1.19. The van der Waals surface area contributed by atoms with Crippen molar-refractivity contribution in [1.29, 1.82) is 0 Å². The van der Waals surface area contributed by atoms with Crippen LogP contribution in [-0.4, -0.2) is 36.7 Å². The standard InChI is InChI=1S/C15H22FN3O2/c1-2-17-14-13(9-11(16)10-19-14)15(20)18-7-8-21-12-5-3-4-6-12/h9-10,12H,2-8H2,1H3,(H,17,19)(H,18,20). The number of carbonyl (C=O) groups is 1. The number of nitrogens with zero attached hydrogens (tertiary/aromatic N) is 1. The van der Waals surface area contributed by atoms with Gasteiger partial charge in [-0.1, -0.05) is 12.8 Å². The van der Waals surface area contributed by atoms with E-state index in [0.29, 0.717) is 31.6 Å². The van der Waals surface area contributed by atoms with Gasteiger partial charge in [0, 0.05) is 13.1 Å². The molecule has 0 atom stereocenters. The van der Waals surface area contributed by atoms with E-state index in [1.54, 1.807) is 0 Å². The van der Waals surface area contributed by atoms with E-state index in [1.807, 2.05) is 6.92 Å². The van der Waals surface area contributed by atoms with Crippen molar-refractivity contribution in [3.05, 3.63) is 23.6 Å². The van der Waals surface area contributed by atoms with Crippen LogP contribution in [0.1, 0.15) is 43.0 Å². The molecule has 5 nitrogen and oxygen atoms in total. The fourth-order valence-corrected chi connectivity index (χ4v) is 2.46. The number of pyridine rings is 1. The number of amides is 1. The minimum absolute atomic E-state index is 0.220. The number of ether oxygens (including phenoxy) is 1. The predicted octanol–water partition coefficient (Wildman–Crippen LogP) is 2.34. The first-order valence-electron chi connectivity index (χ1n) is 7.50. The Labute approximate surface area is 124 Å². The molecule has 1 fully saturated rings. The molecular formula is C15H22FN3O2. The maximum absolute atomic E-state index is 13.2. The summed E-state index contributed by atoms with van der Waals surface area (Å²) in [4.78, 5) is 16.0. The highest BCUT2D eigenvalue weighted by atomic mass is 19.1. The van der Waals surface area contributed by atoms with Gasteiger partial charge in [-0.3, -0.25) is 4.79 Å². The van der Waals surface area contributed by atoms with E-state index in [-0.39, 0.29) is 11.5 Å². The number of anilines is 1. The smallest absolute Gasteiger partial charge is 0.255 e. The summed E-state index contributed by atoms with van der Waals surface area (Å²) in [6.07, 6.45) is 6.07. The van der Waals surface area contributed by atoms with Crippen molar-refractivity contribution >= 4 is 11.7 Å². The van der Waals surface area contributed by atoms with Crippen LogP contribution in [0.5, 0.6) is 0 Å². The molecule has 1 saturated carbocycles. The van der Waals surface area contributed by atoms with Gasteiger partial charge in [0.25, 0.3) is 5.91 Å². The van der Waals surface area contributed by atoms with Gasteiger partial charge in [-0.2, -0.15) is 0 Å². The van der Waals surface area contributed by atoms with Crippen LogP contribution < -0.4 is 10.6 Å². The quantitative estimate of drug-likeness (QED) is 0.758. The van der Waals surface area contributed by atoms with Gasteiger partial charge in [-0.05, 0) is 25.8 Å². The molecule has 1 aliphatic carbocycles. The van der Waals surface area contributed by atoms with Gasteiger partial charge in [0.1, 0.15) is 11.6 Å². The molecule has 2 N–H and O–H groups in total. The molecule has 0 spiro atoms. The highest BCUT2D eigenvalue weighted by molar-refractivity contribution is 5.98. The normalized spacial score (nSPS) is 15.1. The Bertz CT molecular complexity index is 476. The molecule has 1 heterocycles. The van der Waals surface area contributed by atoms with Gasteiger partial charge in [-0.15, -0.1) is 0 Å². The van der Waals surface area contributed by atoms with E-state index in [9.17, 15) is 9.18 Å².